The Kier molecular flexibility index (Phi) is 5.92. The van der Waals surface area contributed by atoms with Crippen LogP contribution in [0.25, 0.3) is 0 Å². The Labute approximate surface area is 163 Å². The lowest BCUT2D eigenvalue weighted by Gasteiger charge is -2.19. The highest BCUT2D eigenvalue weighted by Gasteiger charge is 2.25. The number of nitrogens with zero attached hydrogens (tertiary/aromatic N) is 1. The monoisotopic (exact) mass is 382 g/mol. The van der Waals surface area contributed by atoms with Crippen molar-refractivity contribution in [3.63, 3.8) is 0 Å². The number of amides is 1. The van der Waals surface area contributed by atoms with Crippen molar-refractivity contribution in [3.05, 3.63) is 51.2 Å². The van der Waals surface area contributed by atoms with Crippen LogP contribution < -0.4 is 5.32 Å². The fourth-order valence-corrected chi connectivity index (χ4v) is 4.34. The van der Waals surface area contributed by atoms with Crippen LogP contribution in [0.2, 0.25) is 0 Å². The molecule has 1 N–H and O–H groups in total. The molecule has 140 valence electrons. The van der Waals surface area contributed by atoms with Crippen LogP contribution in [0.4, 0.5) is 5.69 Å². The highest BCUT2D eigenvalue weighted by Crippen LogP contribution is 2.34. The van der Waals surface area contributed by atoms with Gasteiger partial charge in [0.1, 0.15) is 10.9 Å². The third-order valence-electron chi connectivity index (χ3n) is 4.92. The van der Waals surface area contributed by atoms with Crippen LogP contribution in [-0.4, -0.2) is 18.0 Å². The Bertz CT molecular complexity index is 897. The Morgan fingerprint density at radius 2 is 2.19 bits per heavy atom. The normalized spacial score (nSPS) is 16.7. The van der Waals surface area contributed by atoms with E-state index in [-0.39, 0.29) is 0 Å². The molecule has 1 aliphatic carbocycles. The van der Waals surface area contributed by atoms with E-state index in [1.165, 1.54) is 28.7 Å². The minimum absolute atomic E-state index is 0.362. The summed E-state index contributed by atoms with van der Waals surface area (Å²) < 4.78 is 5.35. The van der Waals surface area contributed by atoms with Gasteiger partial charge in [-0.3, -0.25) is 4.79 Å². The number of rotatable bonds is 5. The van der Waals surface area contributed by atoms with Crippen molar-refractivity contribution in [1.29, 1.82) is 5.26 Å². The molecule has 27 heavy (non-hydrogen) atoms. The summed E-state index contributed by atoms with van der Waals surface area (Å²) in [6.07, 6.45) is 3.38. The zero-order valence-electron chi connectivity index (χ0n) is 15.5. The van der Waals surface area contributed by atoms with E-state index in [1.54, 1.807) is 24.3 Å². The number of benzene rings is 1. The molecule has 1 aromatic heterocycles. The summed E-state index contributed by atoms with van der Waals surface area (Å²) in [7, 11) is 0. The van der Waals surface area contributed by atoms with Crippen molar-refractivity contribution in [1.82, 2.24) is 0 Å². The predicted octanol–water partition coefficient (Wildman–Crippen LogP) is 4.32. The second kappa shape index (κ2) is 8.36. The highest BCUT2D eigenvalue weighted by molar-refractivity contribution is 7.14. The summed E-state index contributed by atoms with van der Waals surface area (Å²) in [5.41, 5.74) is 2.01. The Balaban J connectivity index is 1.63. The molecule has 5 nitrogen and oxygen atoms in total. The molecular weight excluding hydrogens is 360 g/mol. The summed E-state index contributed by atoms with van der Waals surface area (Å²) in [6.45, 7) is 3.73. The van der Waals surface area contributed by atoms with Crippen molar-refractivity contribution in [2.75, 3.05) is 5.32 Å². The van der Waals surface area contributed by atoms with E-state index in [0.29, 0.717) is 22.0 Å². The Morgan fingerprint density at radius 1 is 1.41 bits per heavy atom. The molecule has 1 aromatic carbocycles. The van der Waals surface area contributed by atoms with Gasteiger partial charge in [0.05, 0.1) is 11.3 Å². The number of anilines is 1. The SMILES string of the molecule is CC[C@H]1CCc2sc(C(=O)O[C@@H](C)C(=O)Nc3ccccc3C#N)cc2C1. The van der Waals surface area contributed by atoms with Gasteiger partial charge >= 0.3 is 5.97 Å². The zero-order valence-corrected chi connectivity index (χ0v) is 16.3. The largest absolute Gasteiger partial charge is 0.448 e. The van der Waals surface area contributed by atoms with Gasteiger partial charge in [0.25, 0.3) is 5.91 Å². The van der Waals surface area contributed by atoms with Crippen LogP contribution in [-0.2, 0) is 22.4 Å². The van der Waals surface area contributed by atoms with Gasteiger partial charge in [-0.2, -0.15) is 5.26 Å². The van der Waals surface area contributed by atoms with E-state index in [2.05, 4.69) is 12.2 Å². The summed E-state index contributed by atoms with van der Waals surface area (Å²) >= 11 is 1.47. The maximum absolute atomic E-state index is 12.5. The van der Waals surface area contributed by atoms with Gasteiger partial charge in [-0.05, 0) is 55.9 Å². The Hall–Kier alpha value is -2.65. The fraction of sp³-hybridized carbons (Fsp3) is 0.381. The summed E-state index contributed by atoms with van der Waals surface area (Å²) in [5.74, 6) is -0.252. The highest BCUT2D eigenvalue weighted by atomic mass is 32.1. The molecular formula is C21H22N2O3S. The predicted molar refractivity (Wildman–Crippen MR) is 105 cm³/mol. The average molecular weight is 382 g/mol. The van der Waals surface area contributed by atoms with Gasteiger partial charge in [-0.1, -0.05) is 25.5 Å². The number of hydrogen-bond acceptors (Lipinski definition) is 5. The number of nitriles is 1. The van der Waals surface area contributed by atoms with E-state index in [9.17, 15) is 9.59 Å². The molecule has 0 fully saturated rings. The fourth-order valence-electron chi connectivity index (χ4n) is 3.24. The van der Waals surface area contributed by atoms with E-state index < -0.39 is 18.0 Å². The number of ether oxygens (including phenoxy) is 1. The third-order valence-corrected chi connectivity index (χ3v) is 6.14. The van der Waals surface area contributed by atoms with E-state index in [4.69, 9.17) is 10.00 Å². The third kappa shape index (κ3) is 4.37. The van der Waals surface area contributed by atoms with Crippen LogP contribution in [0.5, 0.6) is 0 Å². The van der Waals surface area contributed by atoms with Crippen molar-refractivity contribution in [3.8, 4) is 6.07 Å². The molecule has 1 aliphatic rings. The summed E-state index contributed by atoms with van der Waals surface area (Å²) in [5, 5.41) is 11.7. The smallest absolute Gasteiger partial charge is 0.349 e. The minimum atomic E-state index is -0.952. The molecule has 2 aromatic rings. The number of carbonyl (C=O) groups excluding carboxylic acids is 2. The quantitative estimate of drug-likeness (QED) is 0.781. The standard InChI is InChI=1S/C21H22N2O3S/c1-3-14-8-9-18-16(10-14)11-19(27-18)21(25)26-13(2)20(24)23-17-7-5-4-6-15(17)12-22/h4-7,11,13-14H,3,8-10H2,1-2H3,(H,23,24)/t13-,14-/m0/s1. The average Bonchev–Trinajstić information content (AvgIpc) is 3.11. The number of hydrogen-bond donors (Lipinski definition) is 1. The van der Waals surface area contributed by atoms with Crippen LogP contribution in [0, 0.1) is 17.2 Å². The van der Waals surface area contributed by atoms with E-state index in [0.717, 1.165) is 25.7 Å². The number of para-hydroxylation sites is 1. The first-order valence-corrected chi connectivity index (χ1v) is 9.96. The molecule has 1 heterocycles. The molecule has 6 heteroatoms. The number of esters is 1. The molecule has 0 radical (unpaired) electrons. The molecule has 0 aliphatic heterocycles. The maximum atomic E-state index is 12.5. The summed E-state index contributed by atoms with van der Waals surface area (Å²) in [6, 6.07) is 10.6. The van der Waals surface area contributed by atoms with Crippen LogP contribution in [0.3, 0.4) is 0 Å². The van der Waals surface area contributed by atoms with Gasteiger partial charge in [-0.15, -0.1) is 11.3 Å². The lowest BCUT2D eigenvalue weighted by atomic mass is 9.87. The van der Waals surface area contributed by atoms with Crippen molar-refractivity contribution < 1.29 is 14.3 Å². The first kappa shape index (κ1) is 19.1. The number of nitrogens with one attached hydrogen (secondary N) is 1. The zero-order chi connectivity index (χ0) is 19.4. The molecule has 1 amide bonds. The van der Waals surface area contributed by atoms with Crippen molar-refractivity contribution >= 4 is 28.9 Å². The van der Waals surface area contributed by atoms with Crippen molar-refractivity contribution in [2.24, 2.45) is 5.92 Å². The Morgan fingerprint density at radius 3 is 2.93 bits per heavy atom. The molecule has 0 saturated heterocycles. The molecule has 0 saturated carbocycles. The van der Waals surface area contributed by atoms with Crippen molar-refractivity contribution in [2.45, 2.75) is 45.6 Å². The number of fused-ring (bicyclic) bond motifs is 1. The lowest BCUT2D eigenvalue weighted by molar-refractivity contribution is -0.123. The lowest BCUT2D eigenvalue weighted by Crippen LogP contribution is -2.30. The van der Waals surface area contributed by atoms with Gasteiger partial charge in [-0.25, -0.2) is 4.79 Å². The van der Waals surface area contributed by atoms with E-state index in [1.807, 2.05) is 12.1 Å². The molecule has 0 spiro atoms. The second-order valence-corrected chi connectivity index (χ2v) is 7.91. The minimum Gasteiger partial charge on any atom is -0.448 e. The molecule has 0 unspecified atom stereocenters. The first-order chi connectivity index (χ1) is 13.0. The van der Waals surface area contributed by atoms with Gasteiger partial charge in [0.15, 0.2) is 6.10 Å². The number of thiophene rings is 1. The molecule has 3 rings (SSSR count). The maximum Gasteiger partial charge on any atom is 0.349 e. The summed E-state index contributed by atoms with van der Waals surface area (Å²) in [4.78, 5) is 26.6. The number of aryl methyl sites for hydroxylation is 1. The first-order valence-electron chi connectivity index (χ1n) is 9.14. The van der Waals surface area contributed by atoms with Crippen LogP contribution in [0.1, 0.15) is 52.4 Å². The topological polar surface area (TPSA) is 79.2 Å². The van der Waals surface area contributed by atoms with Crippen LogP contribution in [0.15, 0.2) is 30.3 Å². The van der Waals surface area contributed by atoms with Gasteiger partial charge in [0.2, 0.25) is 0 Å². The van der Waals surface area contributed by atoms with Gasteiger partial charge in [0, 0.05) is 4.88 Å². The second-order valence-electron chi connectivity index (χ2n) is 6.77. The van der Waals surface area contributed by atoms with Crippen LogP contribution >= 0.6 is 11.3 Å². The molecule has 0 bridgehead atoms. The van der Waals surface area contributed by atoms with E-state index >= 15 is 0 Å². The molecule has 2 atom stereocenters. The number of carbonyl (C=O) groups is 2. The van der Waals surface area contributed by atoms with Gasteiger partial charge < -0.3 is 10.1 Å².